The summed E-state index contributed by atoms with van der Waals surface area (Å²) in [5.74, 6) is -0.0420. The van der Waals surface area contributed by atoms with Crippen LogP contribution in [0.2, 0.25) is 0 Å². The van der Waals surface area contributed by atoms with Crippen LogP contribution in [-0.4, -0.2) is 24.0 Å². The fourth-order valence-electron chi connectivity index (χ4n) is 3.27. The topological polar surface area (TPSA) is 45.2 Å². The van der Waals surface area contributed by atoms with Crippen molar-refractivity contribution in [3.63, 3.8) is 0 Å². The van der Waals surface area contributed by atoms with E-state index in [2.05, 4.69) is 43.3 Å². The zero-order valence-electron chi connectivity index (χ0n) is 14.8. The third-order valence-corrected chi connectivity index (χ3v) is 6.00. The summed E-state index contributed by atoms with van der Waals surface area (Å²) < 4.78 is 1.02. The van der Waals surface area contributed by atoms with Gasteiger partial charge in [-0.3, -0.25) is 4.79 Å². The molecule has 0 spiro atoms. The molecule has 1 fully saturated rings. The lowest BCUT2D eigenvalue weighted by molar-refractivity contribution is -0.115. The second-order valence-corrected chi connectivity index (χ2v) is 8.40. The maximum atomic E-state index is 12.4. The molecule has 1 amide bonds. The highest BCUT2D eigenvalue weighted by molar-refractivity contribution is 9.10. The van der Waals surface area contributed by atoms with Gasteiger partial charge >= 0.3 is 0 Å². The summed E-state index contributed by atoms with van der Waals surface area (Å²) in [4.78, 5) is 19.4. The number of carbonyl (C=O) groups is 1. The lowest BCUT2D eigenvalue weighted by Crippen LogP contribution is -2.18. The fourth-order valence-corrected chi connectivity index (χ4v) is 4.48. The number of hydrogen-bond acceptors (Lipinski definition) is 4. The maximum absolute atomic E-state index is 12.4. The Morgan fingerprint density at radius 3 is 2.78 bits per heavy atom. The minimum atomic E-state index is -0.0420. The number of thiazole rings is 1. The van der Waals surface area contributed by atoms with Crippen molar-refractivity contribution >= 4 is 44.5 Å². The van der Waals surface area contributed by atoms with Crippen molar-refractivity contribution in [3.05, 3.63) is 64.1 Å². The van der Waals surface area contributed by atoms with Gasteiger partial charge in [-0.15, -0.1) is 11.3 Å². The normalized spacial score (nSPS) is 13.7. The molecule has 0 saturated carbocycles. The van der Waals surface area contributed by atoms with Gasteiger partial charge in [-0.2, -0.15) is 0 Å². The van der Waals surface area contributed by atoms with Crippen molar-refractivity contribution in [2.45, 2.75) is 19.3 Å². The summed E-state index contributed by atoms with van der Waals surface area (Å²) in [5.41, 5.74) is 3.87. The van der Waals surface area contributed by atoms with E-state index < -0.39 is 0 Å². The highest BCUT2D eigenvalue weighted by Gasteiger charge is 2.14. The Balaban J connectivity index is 1.40. The summed E-state index contributed by atoms with van der Waals surface area (Å²) >= 11 is 5.04. The number of hydrogen-bond donors (Lipinski definition) is 1. The van der Waals surface area contributed by atoms with Crippen LogP contribution < -0.4 is 10.2 Å². The van der Waals surface area contributed by atoms with Crippen LogP contribution in [-0.2, 0) is 11.2 Å². The zero-order chi connectivity index (χ0) is 18.6. The first-order chi connectivity index (χ1) is 13.2. The van der Waals surface area contributed by atoms with Crippen LogP contribution in [0.15, 0.2) is 58.4 Å². The van der Waals surface area contributed by atoms with Crippen molar-refractivity contribution < 1.29 is 4.79 Å². The monoisotopic (exact) mass is 441 g/mol. The minimum absolute atomic E-state index is 0.0420. The first-order valence-corrected chi connectivity index (χ1v) is 10.7. The summed E-state index contributed by atoms with van der Waals surface area (Å²) in [5, 5.41) is 5.88. The van der Waals surface area contributed by atoms with Gasteiger partial charge in [0, 0.05) is 39.9 Å². The number of benzene rings is 2. The summed E-state index contributed by atoms with van der Waals surface area (Å²) in [7, 11) is 0. The number of nitrogens with zero attached hydrogens (tertiary/aromatic N) is 2. The molecule has 0 unspecified atom stereocenters. The highest BCUT2D eigenvalue weighted by Crippen LogP contribution is 2.27. The van der Waals surface area contributed by atoms with Gasteiger partial charge < -0.3 is 10.2 Å². The van der Waals surface area contributed by atoms with Crippen molar-refractivity contribution in [1.82, 2.24) is 4.98 Å². The predicted molar refractivity (Wildman–Crippen MR) is 115 cm³/mol. The molecule has 138 valence electrons. The van der Waals surface area contributed by atoms with E-state index in [-0.39, 0.29) is 12.3 Å². The van der Waals surface area contributed by atoms with Crippen LogP contribution in [0.3, 0.4) is 0 Å². The van der Waals surface area contributed by atoms with Gasteiger partial charge in [0.1, 0.15) is 5.01 Å². The number of carbonyl (C=O) groups excluding carboxylic acids is 1. The van der Waals surface area contributed by atoms with E-state index in [1.807, 2.05) is 41.8 Å². The van der Waals surface area contributed by atoms with E-state index in [0.29, 0.717) is 0 Å². The molecule has 0 radical (unpaired) electrons. The smallest absolute Gasteiger partial charge is 0.230 e. The van der Waals surface area contributed by atoms with Gasteiger partial charge in [0.05, 0.1) is 12.1 Å². The summed E-state index contributed by atoms with van der Waals surface area (Å²) in [6, 6.07) is 16.1. The van der Waals surface area contributed by atoms with Crippen LogP contribution >= 0.6 is 27.3 Å². The van der Waals surface area contributed by atoms with Gasteiger partial charge in [0.2, 0.25) is 5.91 Å². The standard InChI is InChI=1S/C21H20BrN3OS/c22-16-6-3-5-15(11-16)21-24-18(14-27-21)13-20(26)23-17-7-4-8-19(12-17)25-9-1-2-10-25/h3-8,11-12,14H,1-2,9-10,13H2,(H,23,26). The van der Waals surface area contributed by atoms with E-state index in [0.717, 1.165) is 39.5 Å². The Hall–Kier alpha value is -2.18. The predicted octanol–water partition coefficient (Wildman–Crippen LogP) is 5.35. The Morgan fingerprint density at radius 2 is 1.96 bits per heavy atom. The summed E-state index contributed by atoms with van der Waals surface area (Å²) in [6.45, 7) is 2.18. The van der Waals surface area contributed by atoms with E-state index >= 15 is 0 Å². The maximum Gasteiger partial charge on any atom is 0.230 e. The van der Waals surface area contributed by atoms with Crippen LogP contribution in [0.4, 0.5) is 11.4 Å². The SMILES string of the molecule is O=C(Cc1csc(-c2cccc(Br)c2)n1)Nc1cccc(N2CCCC2)c1. The van der Waals surface area contributed by atoms with Gasteiger partial charge in [-0.05, 0) is 43.2 Å². The van der Waals surface area contributed by atoms with Crippen molar-refractivity contribution in [1.29, 1.82) is 0 Å². The van der Waals surface area contributed by atoms with Crippen molar-refractivity contribution in [2.75, 3.05) is 23.3 Å². The van der Waals surface area contributed by atoms with Crippen LogP contribution in [0.25, 0.3) is 10.6 Å². The second-order valence-electron chi connectivity index (χ2n) is 6.62. The number of nitrogens with one attached hydrogen (secondary N) is 1. The van der Waals surface area contributed by atoms with E-state index in [4.69, 9.17) is 0 Å². The molecule has 4 rings (SSSR count). The third-order valence-electron chi connectivity index (χ3n) is 4.57. The molecule has 6 heteroatoms. The van der Waals surface area contributed by atoms with Crippen LogP contribution in [0, 0.1) is 0 Å². The molecular weight excluding hydrogens is 422 g/mol. The molecule has 0 aliphatic carbocycles. The Labute approximate surface area is 171 Å². The molecular formula is C21H20BrN3OS. The molecule has 1 saturated heterocycles. The number of halogens is 1. The molecule has 3 aromatic rings. The Morgan fingerprint density at radius 1 is 1.15 bits per heavy atom. The molecule has 1 aromatic heterocycles. The van der Waals surface area contributed by atoms with Crippen molar-refractivity contribution in [3.8, 4) is 10.6 Å². The van der Waals surface area contributed by atoms with Gasteiger partial charge in [-0.25, -0.2) is 4.98 Å². The van der Waals surface area contributed by atoms with Crippen LogP contribution in [0.1, 0.15) is 18.5 Å². The average molecular weight is 442 g/mol. The molecule has 27 heavy (non-hydrogen) atoms. The van der Waals surface area contributed by atoms with Gasteiger partial charge in [0.15, 0.2) is 0 Å². The Bertz CT molecular complexity index is 950. The zero-order valence-corrected chi connectivity index (χ0v) is 17.2. The van der Waals surface area contributed by atoms with Gasteiger partial charge in [0.25, 0.3) is 0 Å². The molecule has 2 heterocycles. The first kappa shape index (κ1) is 18.2. The highest BCUT2D eigenvalue weighted by atomic mass is 79.9. The van der Waals surface area contributed by atoms with Gasteiger partial charge in [-0.1, -0.05) is 34.1 Å². The largest absolute Gasteiger partial charge is 0.371 e. The second kappa shape index (κ2) is 8.23. The molecule has 0 atom stereocenters. The number of aromatic nitrogens is 1. The molecule has 0 bridgehead atoms. The van der Waals surface area contributed by atoms with Crippen molar-refractivity contribution in [2.24, 2.45) is 0 Å². The molecule has 1 aliphatic rings. The number of amides is 1. The van der Waals surface area contributed by atoms with E-state index in [1.165, 1.54) is 18.5 Å². The lowest BCUT2D eigenvalue weighted by Gasteiger charge is -2.18. The average Bonchev–Trinajstić information content (AvgIpc) is 3.34. The van der Waals surface area contributed by atoms with E-state index in [1.54, 1.807) is 11.3 Å². The fraction of sp³-hybridized carbons (Fsp3) is 0.238. The van der Waals surface area contributed by atoms with E-state index in [9.17, 15) is 4.79 Å². The number of anilines is 2. The quantitative estimate of drug-likeness (QED) is 0.579. The molecule has 1 aliphatic heterocycles. The third kappa shape index (κ3) is 4.57. The number of rotatable bonds is 5. The molecule has 4 nitrogen and oxygen atoms in total. The van der Waals surface area contributed by atoms with Crippen LogP contribution in [0.5, 0.6) is 0 Å². The first-order valence-electron chi connectivity index (χ1n) is 9.02. The minimum Gasteiger partial charge on any atom is -0.371 e. The summed E-state index contributed by atoms with van der Waals surface area (Å²) in [6.07, 6.45) is 2.75. The molecule has 2 aromatic carbocycles. The Kier molecular flexibility index (Phi) is 5.55. The lowest BCUT2D eigenvalue weighted by atomic mass is 10.2. The molecule has 1 N–H and O–H groups in total.